The average Bonchev–Trinajstić information content (AvgIpc) is 1.31. The van der Waals surface area contributed by atoms with E-state index in [0.29, 0.717) is 0 Å². The Labute approximate surface area is 41.7 Å². The van der Waals surface area contributed by atoms with E-state index in [4.69, 9.17) is 15.5 Å². The molecule has 1 unspecified atom stereocenters. The molecule has 0 rings (SSSR count). The molecule has 0 aromatic rings. The van der Waals surface area contributed by atoms with Crippen LogP contribution in [0.4, 0.5) is 0 Å². The summed E-state index contributed by atoms with van der Waals surface area (Å²) in [6.07, 6.45) is -1.15. The fourth-order valence-corrected chi connectivity index (χ4v) is 0. The Hall–Kier alpha value is -0.160. The summed E-state index contributed by atoms with van der Waals surface area (Å²) in [6, 6.07) is 0. The third-order valence-corrected chi connectivity index (χ3v) is 0.708. The van der Waals surface area contributed by atoms with Crippen molar-refractivity contribution < 1.29 is 20.3 Å². The second-order valence-corrected chi connectivity index (χ2v) is 1.61. The van der Waals surface area contributed by atoms with E-state index in [0.717, 1.165) is 7.05 Å². The van der Waals surface area contributed by atoms with Crippen molar-refractivity contribution in [2.75, 3.05) is 7.05 Å². The molecule has 0 aliphatic carbocycles. The molecule has 0 amide bonds. The minimum atomic E-state index is -1.39. The van der Waals surface area contributed by atoms with E-state index in [1.54, 1.807) is 0 Å². The zero-order valence-corrected chi connectivity index (χ0v) is 4.37. The van der Waals surface area contributed by atoms with Crippen LogP contribution in [0, 0.1) is 0 Å². The van der Waals surface area contributed by atoms with Gasteiger partial charge >= 0.3 is 0 Å². The van der Waals surface area contributed by atoms with Crippen molar-refractivity contribution >= 4 is 0 Å². The van der Waals surface area contributed by atoms with Crippen molar-refractivity contribution in [2.24, 2.45) is 0 Å². The van der Waals surface area contributed by atoms with Crippen molar-refractivity contribution in [1.82, 2.24) is 0 Å². The minimum absolute atomic E-state index is 1.06. The molecular weight excluding hydrogens is 98.0 g/mol. The van der Waals surface area contributed by atoms with Gasteiger partial charge in [-0.2, -0.15) is 10.4 Å². The van der Waals surface area contributed by atoms with Crippen molar-refractivity contribution in [3.8, 4) is 0 Å². The summed E-state index contributed by atoms with van der Waals surface area (Å²) in [4.78, 5) is -1.39. The Kier molecular flexibility index (Phi) is 1.71. The first-order valence-electron chi connectivity index (χ1n) is 1.94. The van der Waals surface area contributed by atoms with Crippen LogP contribution in [0.1, 0.15) is 6.92 Å². The number of aliphatic hydroxyl groups is 1. The molecule has 0 saturated carbocycles. The first-order valence-corrected chi connectivity index (χ1v) is 1.94. The fraction of sp³-hybridized carbons (Fsp3) is 1.00. The maximum Gasteiger partial charge on any atom is 0.249 e. The third kappa shape index (κ3) is 2.52. The van der Waals surface area contributed by atoms with Crippen LogP contribution >= 0.6 is 0 Å². The zero-order valence-electron chi connectivity index (χ0n) is 4.37. The van der Waals surface area contributed by atoms with Crippen LogP contribution in [0.3, 0.4) is 0 Å². The van der Waals surface area contributed by atoms with Gasteiger partial charge in [-0.3, -0.25) is 0 Å². The summed E-state index contributed by atoms with van der Waals surface area (Å²) in [5, 5.41) is 25.0. The molecule has 4 nitrogen and oxygen atoms in total. The first kappa shape index (κ1) is 6.84. The average molecular weight is 108 g/mol. The van der Waals surface area contributed by atoms with E-state index in [1.807, 2.05) is 0 Å². The fourth-order valence-electron chi connectivity index (χ4n) is 0. The van der Waals surface area contributed by atoms with E-state index < -0.39 is 11.0 Å². The molecule has 3 N–H and O–H groups in total. The van der Waals surface area contributed by atoms with Crippen LogP contribution in [-0.2, 0) is 0 Å². The van der Waals surface area contributed by atoms with Crippen LogP contribution in [-0.4, -0.2) is 33.6 Å². The molecular formula is C3H10NO3+. The Balaban J connectivity index is 3.54. The molecule has 7 heavy (non-hydrogen) atoms. The number of hydroxylamine groups is 4. The molecule has 0 aromatic carbocycles. The highest BCUT2D eigenvalue weighted by molar-refractivity contribution is 4.08. The number of quaternary nitrogens is 1. The van der Waals surface area contributed by atoms with Gasteiger partial charge in [0.2, 0.25) is 6.23 Å². The standard InChI is InChI=1S/C3H10NO3/c1-3(5)4(2,6)7/h3,5-7H,1-2H3/q+1. The van der Waals surface area contributed by atoms with E-state index in [9.17, 15) is 0 Å². The summed E-state index contributed by atoms with van der Waals surface area (Å²) < 4.78 is 0. The lowest BCUT2D eigenvalue weighted by Gasteiger charge is -2.17. The Bertz CT molecular complexity index is 55.7. The summed E-state index contributed by atoms with van der Waals surface area (Å²) in [5.74, 6) is 0. The number of nitrogens with zero attached hydrogens (tertiary/aromatic N) is 1. The normalized spacial score (nSPS) is 16.7. The first-order chi connectivity index (χ1) is 2.94. The van der Waals surface area contributed by atoms with Gasteiger partial charge in [-0.15, -0.1) is 0 Å². The zero-order chi connectivity index (χ0) is 6.08. The number of hydrogen-bond acceptors (Lipinski definition) is 3. The molecule has 4 heteroatoms. The second kappa shape index (κ2) is 1.75. The van der Waals surface area contributed by atoms with Crippen LogP contribution in [0.2, 0.25) is 0 Å². The molecule has 0 bridgehead atoms. The third-order valence-electron chi connectivity index (χ3n) is 0.708. The van der Waals surface area contributed by atoms with E-state index in [1.165, 1.54) is 6.92 Å². The van der Waals surface area contributed by atoms with E-state index >= 15 is 0 Å². The van der Waals surface area contributed by atoms with Crippen LogP contribution in [0.25, 0.3) is 0 Å². The second-order valence-electron chi connectivity index (χ2n) is 1.61. The van der Waals surface area contributed by atoms with E-state index in [-0.39, 0.29) is 0 Å². The van der Waals surface area contributed by atoms with Gasteiger partial charge in [0.25, 0.3) is 0 Å². The maximum atomic E-state index is 8.36. The lowest BCUT2D eigenvalue weighted by atomic mass is 10.6. The van der Waals surface area contributed by atoms with E-state index in [2.05, 4.69) is 0 Å². The molecule has 0 heterocycles. The van der Waals surface area contributed by atoms with Crippen molar-refractivity contribution in [3.05, 3.63) is 0 Å². The quantitative estimate of drug-likeness (QED) is 0.242. The molecule has 0 radical (unpaired) electrons. The Morgan fingerprint density at radius 3 is 1.57 bits per heavy atom. The van der Waals surface area contributed by atoms with Crippen molar-refractivity contribution in [3.63, 3.8) is 0 Å². The SMILES string of the molecule is CC(O)[N+](C)(O)O. The number of hydrogen-bond donors (Lipinski definition) is 3. The van der Waals surface area contributed by atoms with Crippen molar-refractivity contribution in [2.45, 2.75) is 13.2 Å². The van der Waals surface area contributed by atoms with Crippen LogP contribution < -0.4 is 0 Å². The molecule has 0 aromatic heterocycles. The molecule has 0 saturated heterocycles. The maximum absolute atomic E-state index is 8.36. The smallest absolute Gasteiger partial charge is 0.249 e. The van der Waals surface area contributed by atoms with Crippen molar-refractivity contribution in [1.29, 1.82) is 0 Å². The molecule has 0 aliphatic heterocycles. The monoisotopic (exact) mass is 108 g/mol. The summed E-state index contributed by atoms with van der Waals surface area (Å²) in [6.45, 7) is 1.28. The Morgan fingerprint density at radius 1 is 1.43 bits per heavy atom. The molecule has 1 atom stereocenters. The van der Waals surface area contributed by atoms with Gasteiger partial charge in [-0.05, 0) is 4.81 Å². The van der Waals surface area contributed by atoms with Gasteiger partial charge in [0, 0.05) is 6.92 Å². The molecule has 0 fully saturated rings. The van der Waals surface area contributed by atoms with Gasteiger partial charge in [-0.1, -0.05) is 0 Å². The summed E-state index contributed by atoms with van der Waals surface area (Å²) >= 11 is 0. The molecule has 44 valence electrons. The number of rotatable bonds is 1. The predicted molar refractivity (Wildman–Crippen MR) is 21.4 cm³/mol. The van der Waals surface area contributed by atoms with Crippen LogP contribution in [0.15, 0.2) is 0 Å². The van der Waals surface area contributed by atoms with Gasteiger partial charge in [-0.25, -0.2) is 0 Å². The summed E-state index contributed by atoms with van der Waals surface area (Å²) in [5.41, 5.74) is 0. The van der Waals surface area contributed by atoms with Gasteiger partial charge in [0.05, 0.1) is 0 Å². The van der Waals surface area contributed by atoms with Crippen LogP contribution in [0.5, 0.6) is 0 Å². The Morgan fingerprint density at radius 2 is 1.57 bits per heavy atom. The predicted octanol–water partition coefficient (Wildman–Crippen LogP) is -0.450. The summed E-state index contributed by atoms with van der Waals surface area (Å²) in [7, 11) is 1.06. The highest BCUT2D eigenvalue weighted by Crippen LogP contribution is 1.93. The number of aliphatic hydroxyl groups excluding tert-OH is 1. The largest absolute Gasteiger partial charge is 0.340 e. The molecule has 0 spiro atoms. The lowest BCUT2D eigenvalue weighted by Crippen LogP contribution is -2.44. The topological polar surface area (TPSA) is 60.7 Å². The molecule has 0 aliphatic rings. The van der Waals surface area contributed by atoms with Gasteiger partial charge < -0.3 is 5.11 Å². The minimum Gasteiger partial charge on any atom is -0.340 e. The van der Waals surface area contributed by atoms with Gasteiger partial charge in [0.15, 0.2) is 0 Å². The highest BCUT2D eigenvalue weighted by atomic mass is 16.9. The lowest BCUT2D eigenvalue weighted by molar-refractivity contribution is -1.26. The van der Waals surface area contributed by atoms with Gasteiger partial charge in [0.1, 0.15) is 7.05 Å². The highest BCUT2D eigenvalue weighted by Gasteiger charge is 2.21.